The molecule has 0 aliphatic carbocycles. The monoisotopic (exact) mass is 230 g/mol. The van der Waals surface area contributed by atoms with Crippen molar-refractivity contribution in [3.8, 4) is 0 Å². The van der Waals surface area contributed by atoms with Crippen molar-refractivity contribution in [2.75, 3.05) is 6.54 Å². The zero-order valence-electron chi connectivity index (χ0n) is 8.16. The number of nitrogens with zero attached hydrogens (tertiary/aromatic N) is 3. The Morgan fingerprint density at radius 2 is 2.00 bits per heavy atom. The molecule has 1 unspecified atom stereocenters. The molecule has 0 spiro atoms. The van der Waals surface area contributed by atoms with Crippen molar-refractivity contribution < 1.29 is 24.6 Å². The smallest absolute Gasteiger partial charge is 0.326 e. The molecule has 1 atom stereocenters. The van der Waals surface area contributed by atoms with Gasteiger partial charge in [-0.15, -0.1) is 0 Å². The molecule has 0 radical (unpaired) electrons. The molecule has 0 saturated carbocycles. The van der Waals surface area contributed by atoms with Crippen molar-refractivity contribution in [2.45, 2.75) is 18.9 Å². The van der Waals surface area contributed by atoms with Gasteiger partial charge in [-0.2, -0.15) is 0 Å². The lowest BCUT2D eigenvalue weighted by atomic mass is 10.1. The second-order valence-corrected chi connectivity index (χ2v) is 2.78. The molecule has 3 N–H and O–H groups in total. The SMILES string of the molecule is [N-]=[N+]=NCC(=O)NC(CCC(=O)O)C(=O)O. The summed E-state index contributed by atoms with van der Waals surface area (Å²) >= 11 is 0. The average molecular weight is 230 g/mol. The van der Waals surface area contributed by atoms with Crippen LogP contribution >= 0.6 is 0 Å². The standard InChI is InChI=1S/C7H10N4O5/c8-11-9-3-5(12)10-4(7(15)16)1-2-6(13)14/h4H,1-3H2,(H,10,12)(H,13,14)(H,15,16). The van der Waals surface area contributed by atoms with Crippen LogP contribution in [0.2, 0.25) is 0 Å². The molecular formula is C7H10N4O5. The fourth-order valence-electron chi connectivity index (χ4n) is 0.861. The number of nitrogens with one attached hydrogen (secondary N) is 1. The predicted molar refractivity (Wildman–Crippen MR) is 50.4 cm³/mol. The number of amides is 1. The summed E-state index contributed by atoms with van der Waals surface area (Å²) < 4.78 is 0. The van der Waals surface area contributed by atoms with Gasteiger partial charge in [-0.25, -0.2) is 4.79 Å². The van der Waals surface area contributed by atoms with Gasteiger partial charge in [-0.05, 0) is 12.0 Å². The van der Waals surface area contributed by atoms with Gasteiger partial charge in [0.25, 0.3) is 0 Å². The fraction of sp³-hybridized carbons (Fsp3) is 0.571. The molecule has 0 fully saturated rings. The Kier molecular flexibility index (Phi) is 6.06. The van der Waals surface area contributed by atoms with E-state index < -0.39 is 30.4 Å². The first-order chi connectivity index (χ1) is 7.47. The first-order valence-electron chi connectivity index (χ1n) is 4.22. The zero-order valence-corrected chi connectivity index (χ0v) is 8.16. The minimum Gasteiger partial charge on any atom is -0.481 e. The van der Waals surface area contributed by atoms with E-state index >= 15 is 0 Å². The third-order valence-electron chi connectivity index (χ3n) is 1.56. The number of aliphatic carboxylic acids is 2. The largest absolute Gasteiger partial charge is 0.481 e. The van der Waals surface area contributed by atoms with Crippen LogP contribution in [-0.2, 0) is 14.4 Å². The Balaban J connectivity index is 4.22. The minimum absolute atomic E-state index is 0.229. The number of rotatable bonds is 7. The molecule has 0 aromatic heterocycles. The number of azide groups is 1. The van der Waals surface area contributed by atoms with Gasteiger partial charge >= 0.3 is 11.9 Å². The molecule has 0 bridgehead atoms. The Labute approximate surface area is 89.7 Å². The molecule has 0 aliphatic heterocycles. The van der Waals surface area contributed by atoms with Crippen molar-refractivity contribution in [1.29, 1.82) is 0 Å². The van der Waals surface area contributed by atoms with Crippen LogP contribution in [0.15, 0.2) is 5.11 Å². The van der Waals surface area contributed by atoms with Gasteiger partial charge in [0, 0.05) is 11.3 Å². The van der Waals surface area contributed by atoms with Crippen LogP contribution in [-0.4, -0.2) is 40.6 Å². The van der Waals surface area contributed by atoms with Crippen molar-refractivity contribution in [1.82, 2.24) is 5.32 Å². The van der Waals surface area contributed by atoms with Crippen LogP contribution < -0.4 is 5.32 Å². The molecule has 0 aliphatic rings. The van der Waals surface area contributed by atoms with Crippen molar-refractivity contribution in [3.63, 3.8) is 0 Å². The number of carbonyl (C=O) groups is 3. The van der Waals surface area contributed by atoms with E-state index in [2.05, 4.69) is 10.0 Å². The van der Waals surface area contributed by atoms with Crippen LogP contribution in [0, 0.1) is 0 Å². The lowest BCUT2D eigenvalue weighted by Gasteiger charge is -2.12. The van der Waals surface area contributed by atoms with E-state index in [1.54, 1.807) is 0 Å². The summed E-state index contributed by atoms with van der Waals surface area (Å²) in [5.74, 6) is -3.26. The van der Waals surface area contributed by atoms with Gasteiger partial charge in [0.1, 0.15) is 12.6 Å². The van der Waals surface area contributed by atoms with Gasteiger partial charge in [-0.3, -0.25) is 9.59 Å². The third-order valence-corrected chi connectivity index (χ3v) is 1.56. The first-order valence-corrected chi connectivity index (χ1v) is 4.22. The highest BCUT2D eigenvalue weighted by molar-refractivity contribution is 5.85. The summed E-state index contributed by atoms with van der Waals surface area (Å²) in [7, 11) is 0. The van der Waals surface area contributed by atoms with E-state index in [1.807, 2.05) is 5.32 Å². The molecule has 9 heteroatoms. The van der Waals surface area contributed by atoms with Crippen molar-refractivity contribution in [3.05, 3.63) is 10.4 Å². The maximum Gasteiger partial charge on any atom is 0.326 e. The van der Waals surface area contributed by atoms with E-state index in [0.29, 0.717) is 0 Å². The molecule has 88 valence electrons. The summed E-state index contributed by atoms with van der Waals surface area (Å²) in [4.78, 5) is 34.1. The maximum atomic E-state index is 11.0. The molecule has 0 aromatic rings. The predicted octanol–water partition coefficient (Wildman–Crippen LogP) is -0.269. The molecule has 0 aromatic carbocycles. The van der Waals surface area contributed by atoms with Crippen molar-refractivity contribution in [2.24, 2.45) is 5.11 Å². The topological polar surface area (TPSA) is 152 Å². The lowest BCUT2D eigenvalue weighted by Crippen LogP contribution is -2.42. The Bertz CT molecular complexity index is 336. The lowest BCUT2D eigenvalue weighted by molar-refractivity contribution is -0.142. The number of carboxylic acids is 2. The highest BCUT2D eigenvalue weighted by atomic mass is 16.4. The molecule has 0 rings (SSSR count). The highest BCUT2D eigenvalue weighted by Crippen LogP contribution is 1.98. The van der Waals surface area contributed by atoms with Crippen LogP contribution in [0.5, 0.6) is 0 Å². The van der Waals surface area contributed by atoms with E-state index in [4.69, 9.17) is 15.7 Å². The van der Waals surface area contributed by atoms with Gasteiger partial charge in [-0.1, -0.05) is 5.11 Å². The van der Waals surface area contributed by atoms with E-state index in [1.165, 1.54) is 0 Å². The Morgan fingerprint density at radius 1 is 1.38 bits per heavy atom. The molecule has 0 heterocycles. The molecule has 1 amide bonds. The van der Waals surface area contributed by atoms with E-state index in [-0.39, 0.29) is 12.8 Å². The number of hydrogen-bond acceptors (Lipinski definition) is 4. The second kappa shape index (κ2) is 7.07. The average Bonchev–Trinajstić information content (AvgIpc) is 2.20. The summed E-state index contributed by atoms with van der Waals surface area (Å²) in [5.41, 5.74) is 7.92. The number of carbonyl (C=O) groups excluding carboxylic acids is 1. The third kappa shape index (κ3) is 6.22. The van der Waals surface area contributed by atoms with Crippen LogP contribution in [0.4, 0.5) is 0 Å². The van der Waals surface area contributed by atoms with Crippen LogP contribution in [0.25, 0.3) is 10.4 Å². The van der Waals surface area contributed by atoms with Gasteiger partial charge < -0.3 is 15.5 Å². The normalized spacial score (nSPS) is 11.0. The van der Waals surface area contributed by atoms with E-state index in [0.717, 1.165) is 0 Å². The van der Waals surface area contributed by atoms with Gasteiger partial charge in [0.15, 0.2) is 0 Å². The van der Waals surface area contributed by atoms with Gasteiger partial charge in [0.2, 0.25) is 5.91 Å². The minimum atomic E-state index is -1.34. The summed E-state index contributed by atoms with van der Waals surface area (Å²) in [6.45, 7) is -0.520. The first kappa shape index (κ1) is 13.7. The summed E-state index contributed by atoms with van der Waals surface area (Å²) in [6, 6.07) is -1.29. The Morgan fingerprint density at radius 3 is 2.44 bits per heavy atom. The van der Waals surface area contributed by atoms with Crippen LogP contribution in [0.1, 0.15) is 12.8 Å². The van der Waals surface area contributed by atoms with Gasteiger partial charge in [0.05, 0.1) is 0 Å². The van der Waals surface area contributed by atoms with Crippen molar-refractivity contribution >= 4 is 17.8 Å². The molecular weight excluding hydrogens is 220 g/mol. The molecule has 9 nitrogen and oxygen atoms in total. The summed E-state index contributed by atoms with van der Waals surface area (Å²) in [5, 5.41) is 22.0. The number of hydrogen-bond donors (Lipinski definition) is 3. The fourth-order valence-corrected chi connectivity index (χ4v) is 0.861. The van der Waals surface area contributed by atoms with Crippen LogP contribution in [0.3, 0.4) is 0 Å². The quantitative estimate of drug-likeness (QED) is 0.312. The van der Waals surface area contributed by atoms with E-state index in [9.17, 15) is 14.4 Å². The highest BCUT2D eigenvalue weighted by Gasteiger charge is 2.20. The summed E-state index contributed by atoms with van der Waals surface area (Å²) in [6.07, 6.45) is -0.606. The number of carboxylic acid groups (broad SMARTS) is 2. The maximum absolute atomic E-state index is 11.0. The molecule has 0 saturated heterocycles. The second-order valence-electron chi connectivity index (χ2n) is 2.78. The zero-order chi connectivity index (χ0) is 12.6. The molecule has 16 heavy (non-hydrogen) atoms. The Hall–Kier alpha value is -2.28.